The number of rotatable bonds is 20. The molecular formula is C19H34O9P-3. The fourth-order valence-corrected chi connectivity index (χ4v) is 3.20. The number of phosphoric acid groups is 1. The molecule has 0 aliphatic rings. The average molecular weight is 437 g/mol. The van der Waals surface area contributed by atoms with Crippen LogP contribution in [0.25, 0.3) is 0 Å². The van der Waals surface area contributed by atoms with Crippen molar-refractivity contribution >= 4 is 19.8 Å². The summed E-state index contributed by atoms with van der Waals surface area (Å²) in [6.45, 7) is -1.29. The minimum absolute atomic E-state index is 0.153. The van der Waals surface area contributed by atoms with E-state index in [0.717, 1.165) is 44.9 Å². The van der Waals surface area contributed by atoms with Crippen LogP contribution in [0.3, 0.4) is 0 Å². The molecule has 0 spiro atoms. The van der Waals surface area contributed by atoms with E-state index in [-0.39, 0.29) is 12.8 Å². The number of carbonyl (C=O) groups is 2. The molecule has 0 fully saturated rings. The number of hydrogen-bond acceptors (Lipinski definition) is 9. The maximum absolute atomic E-state index is 11.6. The van der Waals surface area contributed by atoms with Gasteiger partial charge in [0.1, 0.15) is 6.10 Å². The van der Waals surface area contributed by atoms with Gasteiger partial charge in [-0.05, 0) is 19.3 Å². The number of carbonyl (C=O) groups excluding carboxylic acids is 2. The number of esters is 1. The highest BCUT2D eigenvalue weighted by Crippen LogP contribution is 2.24. The Bertz CT molecular complexity index is 478. The molecule has 10 heteroatoms. The van der Waals surface area contributed by atoms with E-state index in [1.54, 1.807) is 0 Å². The lowest BCUT2D eigenvalue weighted by molar-refractivity contribution is -0.343. The lowest BCUT2D eigenvalue weighted by Crippen LogP contribution is -2.29. The van der Waals surface area contributed by atoms with Crippen molar-refractivity contribution < 1.29 is 43.4 Å². The molecular weight excluding hydrogens is 403 g/mol. The second kappa shape index (κ2) is 17.8. The third-order valence-corrected chi connectivity index (χ3v) is 4.90. The summed E-state index contributed by atoms with van der Waals surface area (Å²) in [5.41, 5.74) is 0. The zero-order chi connectivity index (χ0) is 22.0. The van der Waals surface area contributed by atoms with Gasteiger partial charge in [0.25, 0.3) is 0 Å². The Morgan fingerprint density at radius 2 is 1.21 bits per heavy atom. The molecule has 172 valence electrons. The van der Waals surface area contributed by atoms with Crippen molar-refractivity contribution in [3.8, 4) is 0 Å². The Hall–Kier alpha value is -0.990. The Kier molecular flexibility index (Phi) is 17.2. The third kappa shape index (κ3) is 21.5. The lowest BCUT2D eigenvalue weighted by atomic mass is 10.0. The van der Waals surface area contributed by atoms with Crippen molar-refractivity contribution in [1.82, 2.24) is 0 Å². The fraction of sp³-hybridized carbons (Fsp3) is 0.895. The zero-order valence-electron chi connectivity index (χ0n) is 17.1. The summed E-state index contributed by atoms with van der Waals surface area (Å²) in [5.74, 6) is -1.53. The normalized spacial score (nSPS) is 12.7. The number of hydrogen-bond donors (Lipinski definition) is 1. The highest BCUT2D eigenvalue weighted by atomic mass is 31.2. The molecule has 0 amide bonds. The van der Waals surface area contributed by atoms with Crippen molar-refractivity contribution in [2.24, 2.45) is 0 Å². The van der Waals surface area contributed by atoms with Gasteiger partial charge in [0.15, 0.2) is 0 Å². The van der Waals surface area contributed by atoms with Gasteiger partial charge < -0.3 is 38.6 Å². The van der Waals surface area contributed by atoms with E-state index in [2.05, 4.69) is 4.52 Å². The predicted molar refractivity (Wildman–Crippen MR) is 100 cm³/mol. The van der Waals surface area contributed by atoms with Gasteiger partial charge in [-0.15, -0.1) is 0 Å². The molecule has 0 saturated heterocycles. The van der Waals surface area contributed by atoms with Crippen molar-refractivity contribution in [1.29, 1.82) is 0 Å². The molecule has 0 aromatic carbocycles. The first-order valence-corrected chi connectivity index (χ1v) is 11.9. The average Bonchev–Trinajstić information content (AvgIpc) is 2.64. The molecule has 1 atom stereocenters. The Balaban J connectivity index is 3.44. The highest BCUT2D eigenvalue weighted by Gasteiger charge is 2.14. The maximum Gasteiger partial charge on any atom is 0.306 e. The molecule has 0 saturated carbocycles. The molecule has 0 aliphatic carbocycles. The molecule has 0 aliphatic heterocycles. The smallest absolute Gasteiger partial charge is 0.306 e. The van der Waals surface area contributed by atoms with Crippen LogP contribution in [0.2, 0.25) is 0 Å². The van der Waals surface area contributed by atoms with E-state index in [0.29, 0.717) is 12.8 Å². The van der Waals surface area contributed by atoms with Gasteiger partial charge in [0.05, 0.1) is 21.0 Å². The van der Waals surface area contributed by atoms with Crippen LogP contribution in [0.4, 0.5) is 0 Å². The van der Waals surface area contributed by atoms with E-state index in [9.17, 15) is 29.0 Å². The SMILES string of the molecule is O=C([O-])CCCCCCCCCCCCCCC(=O)O[C@H](CO)COP(=O)([O-])[O-]. The van der Waals surface area contributed by atoms with Crippen LogP contribution in [-0.4, -0.2) is 36.4 Å². The molecule has 0 aromatic heterocycles. The number of phosphoric ester groups is 1. The van der Waals surface area contributed by atoms with Gasteiger partial charge >= 0.3 is 5.97 Å². The second-order valence-electron chi connectivity index (χ2n) is 7.15. The van der Waals surface area contributed by atoms with Crippen LogP contribution in [-0.2, 0) is 23.4 Å². The van der Waals surface area contributed by atoms with Crippen molar-refractivity contribution in [2.45, 2.75) is 96.0 Å². The van der Waals surface area contributed by atoms with Gasteiger partial charge in [0.2, 0.25) is 0 Å². The summed E-state index contributed by atoms with van der Waals surface area (Å²) in [6, 6.07) is 0. The fourth-order valence-electron chi connectivity index (χ4n) is 2.85. The summed E-state index contributed by atoms with van der Waals surface area (Å²) in [5, 5.41) is 19.3. The van der Waals surface area contributed by atoms with Crippen LogP contribution in [0, 0.1) is 0 Å². The molecule has 1 N–H and O–H groups in total. The summed E-state index contributed by atoms with van der Waals surface area (Å²) in [7, 11) is -5.15. The molecule has 0 aromatic rings. The number of carboxylic acids is 1. The van der Waals surface area contributed by atoms with E-state index in [4.69, 9.17) is 9.84 Å². The van der Waals surface area contributed by atoms with Crippen LogP contribution < -0.4 is 14.9 Å². The topological polar surface area (TPSA) is 159 Å². The van der Waals surface area contributed by atoms with E-state index in [1.165, 1.54) is 19.3 Å². The first kappa shape index (κ1) is 28.0. The van der Waals surface area contributed by atoms with Gasteiger partial charge in [-0.25, -0.2) is 0 Å². The quantitative estimate of drug-likeness (QED) is 0.166. The van der Waals surface area contributed by atoms with Crippen LogP contribution >= 0.6 is 7.82 Å². The Morgan fingerprint density at radius 1 is 0.793 bits per heavy atom. The molecule has 0 bridgehead atoms. The van der Waals surface area contributed by atoms with Crippen molar-refractivity contribution in [3.63, 3.8) is 0 Å². The van der Waals surface area contributed by atoms with Gasteiger partial charge in [-0.1, -0.05) is 64.2 Å². The van der Waals surface area contributed by atoms with Gasteiger partial charge in [-0.2, -0.15) is 0 Å². The number of ether oxygens (including phenoxy) is 1. The Labute approximate surface area is 173 Å². The molecule has 0 radical (unpaired) electrons. The molecule has 0 rings (SSSR count). The monoisotopic (exact) mass is 437 g/mol. The van der Waals surface area contributed by atoms with Gasteiger partial charge in [-0.3, -0.25) is 4.79 Å². The zero-order valence-corrected chi connectivity index (χ0v) is 17.9. The lowest BCUT2D eigenvalue weighted by Gasteiger charge is -2.30. The summed E-state index contributed by atoms with van der Waals surface area (Å²) in [6.07, 6.45) is 11.3. The molecule has 9 nitrogen and oxygen atoms in total. The third-order valence-electron chi connectivity index (χ3n) is 4.43. The summed E-state index contributed by atoms with van der Waals surface area (Å²) in [4.78, 5) is 42.6. The highest BCUT2D eigenvalue weighted by molar-refractivity contribution is 7.43. The summed E-state index contributed by atoms with van der Waals surface area (Å²) >= 11 is 0. The number of unbranched alkanes of at least 4 members (excludes halogenated alkanes) is 11. The maximum atomic E-state index is 11.6. The van der Waals surface area contributed by atoms with E-state index >= 15 is 0 Å². The molecule has 0 heterocycles. The van der Waals surface area contributed by atoms with Crippen molar-refractivity contribution in [3.05, 3.63) is 0 Å². The minimum atomic E-state index is -5.15. The van der Waals surface area contributed by atoms with E-state index in [1.807, 2.05) is 0 Å². The van der Waals surface area contributed by atoms with E-state index < -0.39 is 39.1 Å². The standard InChI is InChI=1S/C19H37O9P/c20-15-17(16-27-29(24,25)26)28-19(23)14-12-10-8-6-4-2-1-3-5-7-9-11-13-18(21)22/h17,20H,1-16H2,(H,21,22)(H2,24,25,26)/p-3/t17-/m1/s1. The largest absolute Gasteiger partial charge is 0.790 e. The second-order valence-corrected chi connectivity index (χ2v) is 8.30. The molecule has 29 heavy (non-hydrogen) atoms. The first-order valence-electron chi connectivity index (χ1n) is 10.4. The number of aliphatic hydroxyl groups excluding tert-OH is 1. The van der Waals surface area contributed by atoms with Crippen LogP contribution in [0.1, 0.15) is 89.9 Å². The van der Waals surface area contributed by atoms with Crippen LogP contribution in [0.15, 0.2) is 0 Å². The van der Waals surface area contributed by atoms with Gasteiger partial charge in [0, 0.05) is 12.4 Å². The first-order chi connectivity index (χ1) is 13.7. The number of carboxylic acid groups (broad SMARTS) is 1. The minimum Gasteiger partial charge on any atom is -0.790 e. The summed E-state index contributed by atoms with van der Waals surface area (Å²) < 4.78 is 19.2. The Morgan fingerprint density at radius 3 is 1.59 bits per heavy atom. The predicted octanol–water partition coefficient (Wildman–Crippen LogP) is 0.947. The van der Waals surface area contributed by atoms with Crippen molar-refractivity contribution in [2.75, 3.05) is 13.2 Å². The number of aliphatic hydroxyl groups is 1. The molecule has 0 unspecified atom stereocenters. The van der Waals surface area contributed by atoms with Crippen LogP contribution in [0.5, 0.6) is 0 Å². The number of aliphatic carboxylic acids is 1.